The fraction of sp³-hybridized carbons (Fsp3) is 0.176. The van der Waals surface area contributed by atoms with Crippen LogP contribution in [0.5, 0.6) is 0 Å². The van der Waals surface area contributed by atoms with Crippen molar-refractivity contribution in [2.75, 3.05) is 0 Å². The topological polar surface area (TPSA) is 113 Å². The van der Waals surface area contributed by atoms with E-state index in [-0.39, 0.29) is 18.8 Å². The molecule has 0 saturated carbocycles. The maximum Gasteiger partial charge on any atom is 0.330 e. The Morgan fingerprint density at radius 1 is 1.15 bits per heavy atom. The number of aryl methyl sites for hydroxylation is 1. The average molecular weight is 353 g/mol. The minimum atomic E-state index is -0.531. The van der Waals surface area contributed by atoms with Crippen LogP contribution in [0.4, 0.5) is 5.69 Å². The van der Waals surface area contributed by atoms with Crippen molar-refractivity contribution >= 4 is 11.7 Å². The number of nitro benzene ring substituents is 1. The van der Waals surface area contributed by atoms with Crippen LogP contribution in [0.2, 0.25) is 0 Å². The Hall–Kier alpha value is -3.62. The van der Waals surface area contributed by atoms with Crippen LogP contribution in [0.1, 0.15) is 11.1 Å². The number of hydrogen-bond acceptors (Lipinski definition) is 7. The Kier molecular flexibility index (Phi) is 4.97. The number of tetrazole rings is 1. The van der Waals surface area contributed by atoms with Crippen LogP contribution in [-0.4, -0.2) is 31.1 Å². The van der Waals surface area contributed by atoms with Crippen molar-refractivity contribution in [1.29, 1.82) is 0 Å². The highest BCUT2D eigenvalue weighted by molar-refractivity contribution is 5.69. The van der Waals surface area contributed by atoms with Crippen LogP contribution in [0, 0.1) is 17.0 Å². The lowest BCUT2D eigenvalue weighted by Crippen LogP contribution is -2.15. The molecule has 0 N–H and O–H groups in total. The molecule has 0 fully saturated rings. The summed E-state index contributed by atoms with van der Waals surface area (Å²) in [5.74, 6) is -0.107. The highest BCUT2D eigenvalue weighted by Crippen LogP contribution is 2.14. The first kappa shape index (κ1) is 17.2. The zero-order valence-corrected chi connectivity index (χ0v) is 13.9. The number of hydrogen-bond donors (Lipinski definition) is 0. The average Bonchev–Trinajstić information content (AvgIpc) is 3.09. The Morgan fingerprint density at radius 3 is 2.50 bits per heavy atom. The molecule has 0 atom stereocenters. The predicted octanol–water partition coefficient (Wildman–Crippen LogP) is 2.30. The summed E-state index contributed by atoms with van der Waals surface area (Å²) < 4.78 is 5.13. The van der Waals surface area contributed by atoms with E-state index in [1.165, 1.54) is 24.3 Å². The quantitative estimate of drug-likeness (QED) is 0.379. The molecular weight excluding hydrogens is 338 g/mol. The third-order valence-electron chi connectivity index (χ3n) is 3.58. The number of ether oxygens (including phenoxy) is 1. The first-order chi connectivity index (χ1) is 12.5. The molecule has 132 valence electrons. The van der Waals surface area contributed by atoms with E-state index < -0.39 is 10.9 Å². The molecule has 0 aliphatic heterocycles. The fourth-order valence-electron chi connectivity index (χ4n) is 2.17. The number of carbonyl (C=O) groups excluding carboxylic acids is 1. The Labute approximate surface area is 148 Å². The van der Waals surface area contributed by atoms with E-state index in [4.69, 9.17) is 4.74 Å². The first-order valence-electron chi connectivity index (χ1n) is 7.75. The summed E-state index contributed by atoms with van der Waals surface area (Å²) in [4.78, 5) is 23.2. The molecule has 26 heavy (non-hydrogen) atoms. The van der Waals surface area contributed by atoms with Crippen molar-refractivity contribution < 1.29 is 14.5 Å². The van der Waals surface area contributed by atoms with Gasteiger partial charge >= 0.3 is 5.97 Å². The van der Waals surface area contributed by atoms with Crippen molar-refractivity contribution in [2.45, 2.75) is 20.1 Å². The summed E-state index contributed by atoms with van der Waals surface area (Å²) in [5.41, 5.74) is 2.56. The van der Waals surface area contributed by atoms with Crippen LogP contribution in [-0.2, 0) is 22.7 Å². The second kappa shape index (κ2) is 7.51. The zero-order valence-electron chi connectivity index (χ0n) is 13.9. The van der Waals surface area contributed by atoms with Gasteiger partial charge in [0.1, 0.15) is 6.61 Å². The minimum Gasteiger partial charge on any atom is -0.459 e. The van der Waals surface area contributed by atoms with Crippen LogP contribution >= 0.6 is 0 Å². The molecule has 9 nitrogen and oxygen atoms in total. The standard InChI is InChI=1S/C17H15N5O4/c1-12-2-6-14(7-3-12)17-18-20-21(19-17)10-16(23)26-11-13-4-8-15(9-5-13)22(24)25/h2-9H,10-11H2,1H3. The van der Waals surface area contributed by atoms with Gasteiger partial charge in [0.25, 0.3) is 5.69 Å². The monoisotopic (exact) mass is 353 g/mol. The highest BCUT2D eigenvalue weighted by Gasteiger charge is 2.11. The Bertz CT molecular complexity index is 919. The van der Waals surface area contributed by atoms with Gasteiger partial charge < -0.3 is 4.74 Å². The SMILES string of the molecule is Cc1ccc(-c2nnn(CC(=O)OCc3ccc([N+](=O)[O-])cc3)n2)cc1. The van der Waals surface area contributed by atoms with Crippen LogP contribution in [0.3, 0.4) is 0 Å². The third kappa shape index (κ3) is 4.26. The second-order valence-electron chi connectivity index (χ2n) is 5.59. The van der Waals surface area contributed by atoms with Crippen molar-refractivity contribution in [2.24, 2.45) is 0 Å². The van der Waals surface area contributed by atoms with E-state index in [2.05, 4.69) is 15.4 Å². The predicted molar refractivity (Wildman–Crippen MR) is 90.9 cm³/mol. The van der Waals surface area contributed by atoms with Gasteiger partial charge in [-0.05, 0) is 29.8 Å². The third-order valence-corrected chi connectivity index (χ3v) is 3.58. The number of nitro groups is 1. The zero-order chi connectivity index (χ0) is 18.5. The molecular formula is C17H15N5O4. The van der Waals surface area contributed by atoms with Gasteiger partial charge in [0, 0.05) is 17.7 Å². The van der Waals surface area contributed by atoms with Crippen LogP contribution in [0.25, 0.3) is 11.4 Å². The molecule has 0 bridgehead atoms. The van der Waals surface area contributed by atoms with E-state index in [0.717, 1.165) is 15.9 Å². The number of benzene rings is 2. The van der Waals surface area contributed by atoms with Crippen LogP contribution < -0.4 is 0 Å². The number of carbonyl (C=O) groups is 1. The van der Waals surface area contributed by atoms with E-state index in [9.17, 15) is 14.9 Å². The van der Waals surface area contributed by atoms with E-state index in [0.29, 0.717) is 11.4 Å². The van der Waals surface area contributed by atoms with E-state index in [1.807, 2.05) is 31.2 Å². The van der Waals surface area contributed by atoms with Crippen molar-refractivity contribution in [3.63, 3.8) is 0 Å². The Balaban J connectivity index is 1.55. The summed E-state index contributed by atoms with van der Waals surface area (Å²) in [6, 6.07) is 13.4. The molecule has 0 aliphatic rings. The molecule has 0 saturated heterocycles. The van der Waals surface area contributed by atoms with Gasteiger partial charge in [-0.25, -0.2) is 4.79 Å². The van der Waals surface area contributed by atoms with Gasteiger partial charge in [-0.15, -0.1) is 10.2 Å². The molecule has 9 heteroatoms. The van der Waals surface area contributed by atoms with Gasteiger partial charge in [-0.1, -0.05) is 29.8 Å². The van der Waals surface area contributed by atoms with Gasteiger partial charge in [0.15, 0.2) is 6.54 Å². The summed E-state index contributed by atoms with van der Waals surface area (Å²) in [6.07, 6.45) is 0. The van der Waals surface area contributed by atoms with Gasteiger partial charge in [0.2, 0.25) is 5.82 Å². The van der Waals surface area contributed by atoms with E-state index in [1.54, 1.807) is 0 Å². The number of nitrogens with zero attached hydrogens (tertiary/aromatic N) is 5. The molecule has 0 amide bonds. The van der Waals surface area contributed by atoms with Crippen LogP contribution in [0.15, 0.2) is 48.5 Å². The summed E-state index contributed by atoms with van der Waals surface area (Å²) in [6.45, 7) is 1.82. The summed E-state index contributed by atoms with van der Waals surface area (Å²) in [7, 11) is 0. The highest BCUT2D eigenvalue weighted by atomic mass is 16.6. The second-order valence-corrected chi connectivity index (χ2v) is 5.59. The summed E-state index contributed by atoms with van der Waals surface area (Å²) in [5, 5.41) is 22.5. The molecule has 3 aromatic rings. The largest absolute Gasteiger partial charge is 0.459 e. The van der Waals surface area contributed by atoms with E-state index >= 15 is 0 Å². The smallest absolute Gasteiger partial charge is 0.330 e. The molecule has 0 unspecified atom stereocenters. The maximum atomic E-state index is 11.9. The van der Waals surface area contributed by atoms with Crippen molar-refractivity contribution in [3.8, 4) is 11.4 Å². The minimum absolute atomic E-state index is 0.0103. The number of esters is 1. The maximum absolute atomic E-state index is 11.9. The normalized spacial score (nSPS) is 10.5. The lowest BCUT2D eigenvalue weighted by Gasteiger charge is -2.04. The number of aromatic nitrogens is 4. The molecule has 2 aromatic carbocycles. The molecule has 0 spiro atoms. The molecule has 0 radical (unpaired) electrons. The lowest BCUT2D eigenvalue weighted by molar-refractivity contribution is -0.384. The molecule has 1 heterocycles. The lowest BCUT2D eigenvalue weighted by atomic mass is 10.1. The number of non-ortho nitro benzene ring substituents is 1. The molecule has 3 rings (SSSR count). The summed E-state index contributed by atoms with van der Waals surface area (Å²) >= 11 is 0. The molecule has 1 aromatic heterocycles. The van der Waals surface area contributed by atoms with Crippen molar-refractivity contribution in [3.05, 3.63) is 69.8 Å². The van der Waals surface area contributed by atoms with Gasteiger partial charge in [-0.2, -0.15) is 4.80 Å². The van der Waals surface area contributed by atoms with Gasteiger partial charge in [-0.3, -0.25) is 10.1 Å². The van der Waals surface area contributed by atoms with Gasteiger partial charge in [0.05, 0.1) is 4.92 Å². The van der Waals surface area contributed by atoms with Crippen molar-refractivity contribution in [1.82, 2.24) is 20.2 Å². The number of rotatable bonds is 6. The fourth-order valence-corrected chi connectivity index (χ4v) is 2.17. The first-order valence-corrected chi connectivity index (χ1v) is 7.75. The molecule has 0 aliphatic carbocycles. The Morgan fingerprint density at radius 2 is 1.85 bits per heavy atom.